The zero-order valence-electron chi connectivity index (χ0n) is 10.2. The fraction of sp³-hybridized carbons (Fsp3) is 0.385. The van der Waals surface area contributed by atoms with Gasteiger partial charge in [0.1, 0.15) is 5.82 Å². The molecule has 90 valence electrons. The van der Waals surface area contributed by atoms with Crippen LogP contribution in [-0.4, -0.2) is 22.1 Å². The number of carboxylic acids is 1. The Balaban J connectivity index is 3.13. The van der Waals surface area contributed by atoms with Gasteiger partial charge in [0.05, 0.1) is 11.6 Å². The maximum absolute atomic E-state index is 11.0. The number of aromatic carboxylic acids is 1. The van der Waals surface area contributed by atoms with Crippen molar-refractivity contribution >= 4 is 11.8 Å². The van der Waals surface area contributed by atoms with Crippen LogP contribution in [0.2, 0.25) is 0 Å². The highest BCUT2D eigenvalue weighted by Crippen LogP contribution is 2.18. The van der Waals surface area contributed by atoms with Crippen LogP contribution in [0.25, 0.3) is 0 Å². The summed E-state index contributed by atoms with van der Waals surface area (Å²) in [5.74, 6) is 2.21. The Kier molecular flexibility index (Phi) is 4.11. The summed E-state index contributed by atoms with van der Waals surface area (Å²) < 4.78 is 0. The molecule has 4 nitrogen and oxygen atoms in total. The van der Waals surface area contributed by atoms with E-state index in [4.69, 9.17) is 11.5 Å². The van der Waals surface area contributed by atoms with E-state index >= 15 is 0 Å². The van der Waals surface area contributed by atoms with Crippen LogP contribution in [0, 0.1) is 12.3 Å². The molecule has 1 unspecified atom stereocenters. The summed E-state index contributed by atoms with van der Waals surface area (Å²) in [6.45, 7) is 5.73. The molecule has 0 saturated carbocycles. The van der Waals surface area contributed by atoms with Crippen molar-refractivity contribution in [1.82, 2.24) is 4.98 Å². The third-order valence-corrected chi connectivity index (χ3v) is 2.30. The van der Waals surface area contributed by atoms with E-state index in [1.54, 1.807) is 6.07 Å². The second kappa shape index (κ2) is 5.35. The summed E-state index contributed by atoms with van der Waals surface area (Å²) >= 11 is 0. The number of carboxylic acid groups (broad SMARTS) is 1. The molecular formula is C13H16N2O2. The Morgan fingerprint density at radius 2 is 2.12 bits per heavy atom. The van der Waals surface area contributed by atoms with Crippen LogP contribution in [0.5, 0.6) is 0 Å². The first-order valence-corrected chi connectivity index (χ1v) is 5.42. The summed E-state index contributed by atoms with van der Waals surface area (Å²) in [5, 5.41) is 12.0. The van der Waals surface area contributed by atoms with Crippen molar-refractivity contribution in [3.8, 4) is 12.3 Å². The quantitative estimate of drug-likeness (QED) is 0.782. The van der Waals surface area contributed by atoms with Crippen molar-refractivity contribution in [2.75, 3.05) is 5.32 Å². The van der Waals surface area contributed by atoms with Crippen LogP contribution < -0.4 is 5.32 Å². The maximum Gasteiger partial charge on any atom is 0.335 e. The van der Waals surface area contributed by atoms with Crippen molar-refractivity contribution in [2.24, 2.45) is 0 Å². The van der Waals surface area contributed by atoms with Gasteiger partial charge in [-0.1, -0.05) is 19.8 Å². The lowest BCUT2D eigenvalue weighted by molar-refractivity contribution is 0.0696. The lowest BCUT2D eigenvalue weighted by Crippen LogP contribution is -2.15. The highest BCUT2D eigenvalue weighted by atomic mass is 16.4. The predicted molar refractivity (Wildman–Crippen MR) is 67.2 cm³/mol. The average molecular weight is 232 g/mol. The number of anilines is 1. The Bertz CT molecular complexity index is 461. The molecule has 1 aromatic heterocycles. The molecule has 17 heavy (non-hydrogen) atoms. The smallest absolute Gasteiger partial charge is 0.335 e. The van der Waals surface area contributed by atoms with Crippen molar-refractivity contribution in [2.45, 2.75) is 32.7 Å². The van der Waals surface area contributed by atoms with Crippen LogP contribution in [-0.2, 0) is 0 Å². The zero-order chi connectivity index (χ0) is 13.0. The van der Waals surface area contributed by atoms with E-state index in [9.17, 15) is 4.79 Å². The van der Waals surface area contributed by atoms with Gasteiger partial charge < -0.3 is 10.4 Å². The summed E-state index contributed by atoms with van der Waals surface area (Å²) in [4.78, 5) is 15.3. The van der Waals surface area contributed by atoms with Crippen molar-refractivity contribution in [3.05, 3.63) is 23.4 Å². The first-order valence-electron chi connectivity index (χ1n) is 5.42. The molecule has 0 amide bonds. The van der Waals surface area contributed by atoms with Crippen LogP contribution in [0.15, 0.2) is 12.1 Å². The van der Waals surface area contributed by atoms with Gasteiger partial charge in [0.25, 0.3) is 0 Å². The molecule has 0 bridgehead atoms. The van der Waals surface area contributed by atoms with Gasteiger partial charge in [-0.3, -0.25) is 0 Å². The topological polar surface area (TPSA) is 62.2 Å². The van der Waals surface area contributed by atoms with Gasteiger partial charge in [-0.25, -0.2) is 9.78 Å². The van der Waals surface area contributed by atoms with Crippen LogP contribution in [0.3, 0.4) is 0 Å². The monoisotopic (exact) mass is 232 g/mol. The van der Waals surface area contributed by atoms with Crippen molar-refractivity contribution < 1.29 is 9.90 Å². The molecule has 1 heterocycles. The van der Waals surface area contributed by atoms with Crippen LogP contribution in [0.4, 0.5) is 5.82 Å². The van der Waals surface area contributed by atoms with Gasteiger partial charge in [-0.15, -0.1) is 6.42 Å². The Labute approximate surface area is 101 Å². The summed E-state index contributed by atoms with van der Waals surface area (Å²) in [6.07, 6.45) is 5.26. The molecular weight excluding hydrogens is 216 g/mol. The fourth-order valence-corrected chi connectivity index (χ4v) is 1.31. The maximum atomic E-state index is 11.0. The number of rotatable bonds is 4. The Morgan fingerprint density at radius 1 is 1.47 bits per heavy atom. The molecule has 0 aliphatic carbocycles. The second-order valence-electron chi connectivity index (χ2n) is 4.16. The molecule has 1 aromatic rings. The molecule has 1 atom stereocenters. The molecule has 0 aromatic carbocycles. The molecule has 0 radical (unpaired) electrons. The zero-order valence-corrected chi connectivity index (χ0v) is 10.2. The lowest BCUT2D eigenvalue weighted by atomic mass is 10.1. The molecule has 0 fully saturated rings. The minimum atomic E-state index is -0.967. The number of pyridine rings is 1. The molecule has 0 aliphatic rings. The van der Waals surface area contributed by atoms with Gasteiger partial charge in [0, 0.05) is 5.69 Å². The fourth-order valence-electron chi connectivity index (χ4n) is 1.31. The third-order valence-electron chi connectivity index (χ3n) is 2.30. The summed E-state index contributed by atoms with van der Waals surface area (Å²) in [6, 6.07) is 2.88. The lowest BCUT2D eigenvalue weighted by Gasteiger charge is -2.12. The Morgan fingerprint density at radius 3 is 2.59 bits per heavy atom. The predicted octanol–water partition coefficient (Wildman–Crippen LogP) is 2.34. The van der Waals surface area contributed by atoms with Gasteiger partial charge in [-0.05, 0) is 25.0 Å². The Hall–Kier alpha value is -2.02. The summed E-state index contributed by atoms with van der Waals surface area (Å²) in [5.41, 5.74) is 0.951. The minimum absolute atomic E-state index is 0.163. The van der Waals surface area contributed by atoms with Crippen LogP contribution in [0.1, 0.15) is 42.7 Å². The molecule has 4 heteroatoms. The number of nitrogens with one attached hydrogen (secondary N) is 1. The molecule has 0 saturated heterocycles. The first kappa shape index (κ1) is 13.0. The molecule has 0 spiro atoms. The SMILES string of the molecule is C#CC(C)Nc1cc(C(=O)O)cc(C(C)C)n1. The van der Waals surface area contributed by atoms with Crippen molar-refractivity contribution in [1.29, 1.82) is 0 Å². The normalized spacial score (nSPS) is 11.9. The number of aromatic nitrogens is 1. The van der Waals surface area contributed by atoms with Gasteiger partial charge >= 0.3 is 5.97 Å². The minimum Gasteiger partial charge on any atom is -0.478 e. The number of terminal acetylenes is 1. The summed E-state index contributed by atoms with van der Waals surface area (Å²) in [7, 11) is 0. The van der Waals surface area contributed by atoms with E-state index < -0.39 is 5.97 Å². The van der Waals surface area contributed by atoms with E-state index in [1.165, 1.54) is 6.07 Å². The highest BCUT2D eigenvalue weighted by Gasteiger charge is 2.11. The van der Waals surface area contributed by atoms with Crippen LogP contribution >= 0.6 is 0 Å². The number of hydrogen-bond donors (Lipinski definition) is 2. The average Bonchev–Trinajstić information content (AvgIpc) is 2.28. The van der Waals surface area contributed by atoms with E-state index in [-0.39, 0.29) is 17.5 Å². The van der Waals surface area contributed by atoms with Gasteiger partial charge in [0.2, 0.25) is 0 Å². The standard InChI is InChI=1S/C13H16N2O2/c1-5-9(4)14-12-7-10(13(16)17)6-11(15-12)8(2)3/h1,6-9H,2-4H3,(H,14,15)(H,16,17). The van der Waals surface area contributed by atoms with Crippen molar-refractivity contribution in [3.63, 3.8) is 0 Å². The van der Waals surface area contributed by atoms with Gasteiger partial charge in [-0.2, -0.15) is 0 Å². The molecule has 2 N–H and O–H groups in total. The first-order chi connectivity index (χ1) is 7.93. The van der Waals surface area contributed by atoms with Gasteiger partial charge in [0.15, 0.2) is 0 Å². The third kappa shape index (κ3) is 3.49. The number of hydrogen-bond acceptors (Lipinski definition) is 3. The number of carbonyl (C=O) groups is 1. The molecule has 1 rings (SSSR count). The molecule has 0 aliphatic heterocycles. The number of nitrogens with zero attached hydrogens (tertiary/aromatic N) is 1. The second-order valence-corrected chi connectivity index (χ2v) is 4.16. The van der Waals surface area contributed by atoms with E-state index in [2.05, 4.69) is 16.2 Å². The highest BCUT2D eigenvalue weighted by molar-refractivity contribution is 5.88. The largest absolute Gasteiger partial charge is 0.478 e. The van der Waals surface area contributed by atoms with E-state index in [1.807, 2.05) is 20.8 Å². The van der Waals surface area contributed by atoms with E-state index in [0.29, 0.717) is 5.82 Å². The van der Waals surface area contributed by atoms with E-state index in [0.717, 1.165) is 5.69 Å².